The molecule has 9 heteroatoms. The molecule has 9 nitrogen and oxygen atoms in total. The van der Waals surface area contributed by atoms with Crippen molar-refractivity contribution in [3.63, 3.8) is 0 Å². The molecule has 1 aliphatic rings. The van der Waals surface area contributed by atoms with E-state index in [9.17, 15) is 19.2 Å². The minimum Gasteiger partial charge on any atom is -0.384 e. The number of ketones is 1. The van der Waals surface area contributed by atoms with Crippen molar-refractivity contribution in [2.75, 3.05) is 0 Å². The molecule has 1 aromatic heterocycles. The summed E-state index contributed by atoms with van der Waals surface area (Å²) < 4.78 is 4.78. The molecule has 2 aromatic rings. The summed E-state index contributed by atoms with van der Waals surface area (Å²) in [6, 6.07) is 7.67. The SMILES string of the molecule is CC(C)CC(NC(=O)[C@H]1CCCC[C@H]1NC(=O)c1ccccc1)C(=O)c1n[nH]c(=O)o1.[HH]. The van der Waals surface area contributed by atoms with E-state index in [1.165, 1.54) is 0 Å². The highest BCUT2D eigenvalue weighted by atomic mass is 16.4. The Morgan fingerprint density at radius 1 is 1.19 bits per heavy atom. The first-order valence-corrected chi connectivity index (χ1v) is 10.6. The Kier molecular flexibility index (Phi) is 7.38. The Morgan fingerprint density at radius 2 is 1.90 bits per heavy atom. The van der Waals surface area contributed by atoms with Gasteiger partial charge in [-0.1, -0.05) is 44.9 Å². The Balaban J connectivity index is 0.00000363. The van der Waals surface area contributed by atoms with Crippen LogP contribution < -0.4 is 16.4 Å². The molecule has 0 radical (unpaired) electrons. The van der Waals surface area contributed by atoms with Crippen molar-refractivity contribution in [1.29, 1.82) is 0 Å². The third kappa shape index (κ3) is 5.90. The van der Waals surface area contributed by atoms with Gasteiger partial charge in [0.05, 0.1) is 12.0 Å². The number of carbonyl (C=O) groups is 3. The van der Waals surface area contributed by atoms with Crippen LogP contribution in [0.15, 0.2) is 39.5 Å². The van der Waals surface area contributed by atoms with Gasteiger partial charge in [0.2, 0.25) is 11.7 Å². The molecule has 0 bridgehead atoms. The third-order valence-electron chi connectivity index (χ3n) is 5.44. The summed E-state index contributed by atoms with van der Waals surface area (Å²) in [6.07, 6.45) is 3.46. The summed E-state index contributed by atoms with van der Waals surface area (Å²) in [5.41, 5.74) is 0.536. The van der Waals surface area contributed by atoms with Crippen LogP contribution in [-0.2, 0) is 4.79 Å². The molecule has 1 saturated carbocycles. The first-order valence-electron chi connectivity index (χ1n) is 10.6. The molecular formula is C22H30N4O5. The largest absolute Gasteiger partial charge is 0.434 e. The number of H-pyrrole nitrogens is 1. The Morgan fingerprint density at radius 3 is 2.55 bits per heavy atom. The van der Waals surface area contributed by atoms with E-state index in [1.54, 1.807) is 24.3 Å². The van der Waals surface area contributed by atoms with E-state index in [2.05, 4.69) is 20.8 Å². The van der Waals surface area contributed by atoms with Crippen LogP contribution in [0, 0.1) is 11.8 Å². The van der Waals surface area contributed by atoms with Gasteiger partial charge in [-0.05, 0) is 37.3 Å². The highest BCUT2D eigenvalue weighted by molar-refractivity contribution is 5.99. The van der Waals surface area contributed by atoms with Gasteiger partial charge in [-0.2, -0.15) is 0 Å². The zero-order valence-electron chi connectivity index (χ0n) is 17.7. The van der Waals surface area contributed by atoms with E-state index in [-0.39, 0.29) is 31.1 Å². The maximum absolute atomic E-state index is 13.1. The number of amides is 2. The second-order valence-corrected chi connectivity index (χ2v) is 8.31. The molecule has 3 rings (SSSR count). The van der Waals surface area contributed by atoms with Gasteiger partial charge in [0.15, 0.2) is 0 Å². The normalized spacial score (nSPS) is 19.6. The topological polar surface area (TPSA) is 134 Å². The zero-order valence-corrected chi connectivity index (χ0v) is 17.7. The lowest BCUT2D eigenvalue weighted by molar-refractivity contribution is -0.127. The van der Waals surface area contributed by atoms with Crippen LogP contribution in [0.1, 0.15) is 68.4 Å². The molecule has 3 N–H and O–H groups in total. The third-order valence-corrected chi connectivity index (χ3v) is 5.44. The predicted molar refractivity (Wildman–Crippen MR) is 115 cm³/mol. The Bertz CT molecular complexity index is 972. The molecule has 31 heavy (non-hydrogen) atoms. The minimum absolute atomic E-state index is 0. The monoisotopic (exact) mass is 430 g/mol. The number of nitrogens with one attached hydrogen (secondary N) is 3. The summed E-state index contributed by atoms with van der Waals surface area (Å²) in [7, 11) is 0. The van der Waals surface area contributed by atoms with Crippen molar-refractivity contribution in [1.82, 2.24) is 20.8 Å². The van der Waals surface area contributed by atoms with E-state index in [0.29, 0.717) is 24.8 Å². The zero-order chi connectivity index (χ0) is 22.4. The average molecular weight is 431 g/mol. The van der Waals surface area contributed by atoms with E-state index >= 15 is 0 Å². The summed E-state index contributed by atoms with van der Waals surface area (Å²) in [5, 5.41) is 11.5. The average Bonchev–Trinajstić information content (AvgIpc) is 3.19. The number of rotatable bonds is 8. The Hall–Kier alpha value is -3.23. The van der Waals surface area contributed by atoms with Crippen molar-refractivity contribution < 1.29 is 20.2 Å². The molecule has 1 unspecified atom stereocenters. The number of aromatic amines is 1. The van der Waals surface area contributed by atoms with Gasteiger partial charge in [-0.3, -0.25) is 14.4 Å². The number of aromatic nitrogens is 2. The number of benzene rings is 1. The predicted octanol–water partition coefficient (Wildman–Crippen LogP) is 2.31. The van der Waals surface area contributed by atoms with Crippen LogP contribution in [0.2, 0.25) is 0 Å². The fraction of sp³-hybridized carbons (Fsp3) is 0.500. The van der Waals surface area contributed by atoms with Crippen LogP contribution in [0.5, 0.6) is 0 Å². The van der Waals surface area contributed by atoms with Gasteiger partial charge in [-0.15, -0.1) is 5.10 Å². The minimum atomic E-state index is -0.869. The maximum Gasteiger partial charge on any atom is 0.434 e. The van der Waals surface area contributed by atoms with Gasteiger partial charge in [0.1, 0.15) is 0 Å². The standard InChI is InChI=1S/C22H28N4O5.H2/c1-13(2)12-17(18(27)21-25-26-22(30)31-21)24-20(29)15-10-6-7-11-16(15)23-19(28)14-8-4-3-5-9-14;/h3-5,8-9,13,15-17H,6-7,10-12H2,1-2H3,(H,23,28)(H,24,29)(H,26,30);1H/t15-,16+,17?;/m0./s1. The van der Waals surface area contributed by atoms with E-state index in [1.807, 2.05) is 19.9 Å². The number of carbonyl (C=O) groups excluding carboxylic acids is 3. The summed E-state index contributed by atoms with van der Waals surface area (Å²) in [6.45, 7) is 3.85. The fourth-order valence-electron chi connectivity index (χ4n) is 3.92. The van der Waals surface area contributed by atoms with Gasteiger partial charge >= 0.3 is 5.76 Å². The first-order chi connectivity index (χ1) is 14.8. The highest BCUT2D eigenvalue weighted by Crippen LogP contribution is 2.25. The molecule has 1 heterocycles. The van der Waals surface area contributed by atoms with Crippen molar-refractivity contribution in [3.05, 3.63) is 52.3 Å². The molecule has 0 aliphatic heterocycles. The molecule has 168 valence electrons. The van der Waals surface area contributed by atoms with Gasteiger partial charge in [-0.25, -0.2) is 9.89 Å². The quantitative estimate of drug-likeness (QED) is 0.550. The molecule has 0 saturated heterocycles. The smallest absolute Gasteiger partial charge is 0.384 e. The van der Waals surface area contributed by atoms with Crippen molar-refractivity contribution in [2.45, 2.75) is 58.0 Å². The van der Waals surface area contributed by atoms with Crippen LogP contribution >= 0.6 is 0 Å². The highest BCUT2D eigenvalue weighted by Gasteiger charge is 2.35. The fourth-order valence-corrected chi connectivity index (χ4v) is 3.92. The van der Waals surface area contributed by atoms with Gasteiger partial charge < -0.3 is 15.1 Å². The second kappa shape index (κ2) is 10.2. The number of nitrogens with zero attached hydrogens (tertiary/aromatic N) is 1. The molecule has 3 atom stereocenters. The Labute approximate surface area is 181 Å². The lowest BCUT2D eigenvalue weighted by Gasteiger charge is -2.32. The number of hydrogen-bond donors (Lipinski definition) is 3. The van der Waals surface area contributed by atoms with Crippen molar-refractivity contribution in [2.24, 2.45) is 11.8 Å². The summed E-state index contributed by atoms with van der Waals surface area (Å²) >= 11 is 0. The van der Waals surface area contributed by atoms with E-state index in [0.717, 1.165) is 12.8 Å². The lowest BCUT2D eigenvalue weighted by Crippen LogP contribution is -2.52. The van der Waals surface area contributed by atoms with Gasteiger partial charge in [0.25, 0.3) is 11.8 Å². The summed E-state index contributed by atoms with van der Waals surface area (Å²) in [4.78, 5) is 49.7. The van der Waals surface area contributed by atoms with Crippen LogP contribution in [0.4, 0.5) is 0 Å². The van der Waals surface area contributed by atoms with Crippen molar-refractivity contribution >= 4 is 17.6 Å². The molecule has 1 fully saturated rings. The van der Waals surface area contributed by atoms with Gasteiger partial charge in [0, 0.05) is 13.0 Å². The lowest BCUT2D eigenvalue weighted by atomic mass is 9.83. The number of Topliss-reactive ketones (excluding diaryl/α,β-unsaturated/α-hetero) is 1. The van der Waals surface area contributed by atoms with Crippen LogP contribution in [0.25, 0.3) is 0 Å². The molecular weight excluding hydrogens is 400 g/mol. The van der Waals surface area contributed by atoms with E-state index in [4.69, 9.17) is 4.42 Å². The van der Waals surface area contributed by atoms with Crippen molar-refractivity contribution in [3.8, 4) is 0 Å². The molecule has 1 aromatic carbocycles. The second-order valence-electron chi connectivity index (χ2n) is 8.31. The first kappa shape index (κ1) is 22.5. The summed E-state index contributed by atoms with van der Waals surface area (Å²) in [5.74, 6) is -2.59. The molecule has 1 aliphatic carbocycles. The molecule has 0 spiro atoms. The van der Waals surface area contributed by atoms with E-state index < -0.39 is 23.5 Å². The van der Waals surface area contributed by atoms with Crippen LogP contribution in [0.3, 0.4) is 0 Å². The maximum atomic E-state index is 13.1. The van der Waals surface area contributed by atoms with Crippen LogP contribution in [-0.4, -0.2) is 39.9 Å². The molecule has 2 amide bonds. The number of hydrogen-bond acceptors (Lipinski definition) is 6.